The van der Waals surface area contributed by atoms with Crippen molar-refractivity contribution in [2.75, 3.05) is 45.9 Å². The summed E-state index contributed by atoms with van der Waals surface area (Å²) in [5, 5.41) is 0. The molecule has 2 N–H and O–H groups in total. The fourth-order valence-corrected chi connectivity index (χ4v) is 7.18. The number of aryl methyl sites for hydroxylation is 4. The molecule has 2 aliphatic rings. The molecule has 9 heteroatoms. The van der Waals surface area contributed by atoms with Crippen molar-refractivity contribution in [2.45, 2.75) is 86.0 Å². The summed E-state index contributed by atoms with van der Waals surface area (Å²) in [6.07, 6.45) is 2.99. The van der Waals surface area contributed by atoms with Gasteiger partial charge in [0, 0.05) is 71.2 Å². The third-order valence-electron chi connectivity index (χ3n) is 10.2. The van der Waals surface area contributed by atoms with E-state index in [2.05, 4.69) is 82.7 Å². The molecule has 258 valence electrons. The van der Waals surface area contributed by atoms with Gasteiger partial charge in [-0.1, -0.05) is 20.8 Å². The Hall–Kier alpha value is -3.46. The molecule has 0 spiro atoms. The maximum Gasteiger partial charge on any atom is 0.222 e. The second-order valence-electron chi connectivity index (χ2n) is 13.2. The van der Waals surface area contributed by atoms with Gasteiger partial charge in [-0.2, -0.15) is 0 Å². The summed E-state index contributed by atoms with van der Waals surface area (Å²) in [6, 6.07) is 8.86. The van der Waals surface area contributed by atoms with Crippen molar-refractivity contribution in [3.05, 3.63) is 69.3 Å². The monoisotopic (exact) mass is 673 g/mol. The lowest BCUT2D eigenvalue weighted by molar-refractivity contribution is -0.130. The van der Waals surface area contributed by atoms with Crippen LogP contribution in [0.1, 0.15) is 104 Å². The predicted molar refractivity (Wildman–Crippen MR) is 198 cm³/mol. The standard InChI is InChI=1S/C39H52ClN5O3/c1-9-28-25(5)34-22-37-29(10-2)24(4)33(42-37)21-35-26(6)30(11-12-38(46)45(8)14-16-48-18-17-47-15-13-40)39(44-35)27(7)32-19-23(3)31(41-32)20-36(28)43-34/h19-22,26,30,41-42H,9-18H2,1-8H3/t26-,30-/m0/s1. The number of carbonyl (C=O) groups excluding carboxylic acids is 1. The van der Waals surface area contributed by atoms with Gasteiger partial charge in [0.15, 0.2) is 0 Å². The molecule has 0 radical (unpaired) electrons. The number of hydrogen-bond donors (Lipinski definition) is 2. The number of nitrogens with zero attached hydrogens (tertiary/aromatic N) is 3. The summed E-state index contributed by atoms with van der Waals surface area (Å²) in [6.45, 7) is 17.9. The minimum atomic E-state index is 0.107. The first-order valence-corrected chi connectivity index (χ1v) is 18.0. The van der Waals surface area contributed by atoms with Gasteiger partial charge in [-0.15, -0.1) is 11.6 Å². The number of likely N-dealkylation sites (N-methyl/N-ethyl adjacent to an activating group) is 1. The Morgan fingerprint density at radius 1 is 0.854 bits per heavy atom. The highest BCUT2D eigenvalue weighted by Crippen LogP contribution is 2.42. The van der Waals surface area contributed by atoms with Crippen molar-refractivity contribution in [2.24, 2.45) is 0 Å². The Morgan fingerprint density at radius 2 is 1.54 bits per heavy atom. The summed E-state index contributed by atoms with van der Waals surface area (Å²) in [7, 11) is 1.85. The second-order valence-corrected chi connectivity index (χ2v) is 13.5. The number of carbonyl (C=O) groups is 1. The SMILES string of the molecule is CCC1=C(C)c2cc3[nH]c(cc4nc(c(C)c5cc(C)c(cc1n2)[nH]5)[C@@H](CCC(=O)N(C)CCOCCOCCCl)[C@@H]4C)c(C)c3CC. The van der Waals surface area contributed by atoms with Gasteiger partial charge >= 0.3 is 0 Å². The number of alkyl halides is 1. The predicted octanol–water partition coefficient (Wildman–Crippen LogP) is 8.54. The van der Waals surface area contributed by atoms with Crippen molar-refractivity contribution in [3.63, 3.8) is 0 Å². The lowest BCUT2D eigenvalue weighted by atomic mass is 9.86. The van der Waals surface area contributed by atoms with Gasteiger partial charge in [-0.05, 0) is 105 Å². The molecule has 1 amide bonds. The van der Waals surface area contributed by atoms with E-state index in [1.807, 2.05) is 7.05 Å². The van der Waals surface area contributed by atoms with Gasteiger partial charge < -0.3 is 24.3 Å². The summed E-state index contributed by atoms with van der Waals surface area (Å²) in [5.74, 6) is 0.841. The van der Waals surface area contributed by atoms with Gasteiger partial charge in [0.25, 0.3) is 0 Å². The van der Waals surface area contributed by atoms with Gasteiger partial charge in [0.05, 0.1) is 37.8 Å². The van der Waals surface area contributed by atoms with Crippen LogP contribution in [0.3, 0.4) is 0 Å². The molecule has 8 nitrogen and oxygen atoms in total. The van der Waals surface area contributed by atoms with E-state index in [9.17, 15) is 4.79 Å². The van der Waals surface area contributed by atoms with Crippen molar-refractivity contribution in [1.29, 1.82) is 0 Å². The smallest absolute Gasteiger partial charge is 0.222 e. The van der Waals surface area contributed by atoms with Crippen LogP contribution in [0.15, 0.2) is 24.3 Å². The molecule has 0 unspecified atom stereocenters. The van der Waals surface area contributed by atoms with Gasteiger partial charge in [0.1, 0.15) is 0 Å². The van der Waals surface area contributed by atoms with Crippen LogP contribution in [-0.2, 0) is 20.7 Å². The Morgan fingerprint density at radius 3 is 2.25 bits per heavy atom. The summed E-state index contributed by atoms with van der Waals surface area (Å²) in [4.78, 5) is 33.0. The van der Waals surface area contributed by atoms with E-state index < -0.39 is 0 Å². The fraction of sp³-hybridized carbons (Fsp3) is 0.513. The molecule has 0 aromatic carbocycles. The maximum absolute atomic E-state index is 13.3. The quantitative estimate of drug-likeness (QED) is 0.140. The molecule has 0 fully saturated rings. The maximum atomic E-state index is 13.3. The van der Waals surface area contributed by atoms with Gasteiger partial charge in [-0.3, -0.25) is 9.78 Å². The number of hydrogen-bond acceptors (Lipinski definition) is 5. The average molecular weight is 674 g/mol. The fourth-order valence-electron chi connectivity index (χ4n) is 7.07. The highest BCUT2D eigenvalue weighted by molar-refractivity contribution is 6.17. The van der Waals surface area contributed by atoms with E-state index in [1.165, 1.54) is 27.8 Å². The number of nitrogens with one attached hydrogen (secondary N) is 2. The van der Waals surface area contributed by atoms with Crippen LogP contribution in [0, 0.1) is 20.8 Å². The lowest BCUT2D eigenvalue weighted by Crippen LogP contribution is -2.30. The van der Waals surface area contributed by atoms with Crippen molar-refractivity contribution < 1.29 is 14.3 Å². The van der Waals surface area contributed by atoms with Crippen LogP contribution >= 0.6 is 11.6 Å². The number of amides is 1. The van der Waals surface area contributed by atoms with E-state index in [0.29, 0.717) is 51.7 Å². The number of aromatic amines is 2. The average Bonchev–Trinajstić information content (AvgIpc) is 3.77. The second kappa shape index (κ2) is 15.8. The zero-order valence-corrected chi connectivity index (χ0v) is 30.7. The molecule has 0 saturated heterocycles. The van der Waals surface area contributed by atoms with E-state index in [-0.39, 0.29) is 17.7 Å². The number of rotatable bonds is 13. The molecule has 3 aromatic heterocycles. The van der Waals surface area contributed by atoms with E-state index >= 15 is 0 Å². The van der Waals surface area contributed by atoms with Crippen molar-refractivity contribution in [1.82, 2.24) is 24.8 Å². The summed E-state index contributed by atoms with van der Waals surface area (Å²) < 4.78 is 11.0. The van der Waals surface area contributed by atoms with Crippen LogP contribution in [0.4, 0.5) is 0 Å². The molecule has 2 atom stereocenters. The highest BCUT2D eigenvalue weighted by Gasteiger charge is 2.31. The Kier molecular flexibility index (Phi) is 11.8. The largest absolute Gasteiger partial charge is 0.378 e. The summed E-state index contributed by atoms with van der Waals surface area (Å²) >= 11 is 5.64. The first-order valence-electron chi connectivity index (χ1n) is 17.4. The van der Waals surface area contributed by atoms with Crippen molar-refractivity contribution in [3.8, 4) is 0 Å². The molecule has 48 heavy (non-hydrogen) atoms. The molecular formula is C39H52ClN5O3. The number of aromatic nitrogens is 4. The number of fused-ring (bicyclic) bond motifs is 8. The molecule has 2 aliphatic heterocycles. The minimum absolute atomic E-state index is 0.107. The van der Waals surface area contributed by atoms with Crippen molar-refractivity contribution >= 4 is 50.7 Å². The topological polar surface area (TPSA) is 96.1 Å². The number of ether oxygens (including phenoxy) is 2. The first kappa shape index (κ1) is 35.8. The van der Waals surface area contributed by atoms with Crippen LogP contribution < -0.4 is 0 Å². The zero-order valence-electron chi connectivity index (χ0n) is 30.0. The number of allylic oxidation sites excluding steroid dienone is 2. The minimum Gasteiger partial charge on any atom is -0.378 e. The van der Waals surface area contributed by atoms with E-state index in [4.69, 9.17) is 31.0 Å². The summed E-state index contributed by atoms with van der Waals surface area (Å²) in [5.41, 5.74) is 15.8. The van der Waals surface area contributed by atoms with Crippen LogP contribution in [0.2, 0.25) is 0 Å². The molecule has 5 rings (SSSR count). The third kappa shape index (κ3) is 7.56. The molecule has 5 heterocycles. The highest BCUT2D eigenvalue weighted by atomic mass is 35.5. The Bertz CT molecular complexity index is 1840. The molecule has 8 bridgehead atoms. The van der Waals surface area contributed by atoms with E-state index in [0.717, 1.165) is 63.2 Å². The molecule has 3 aromatic rings. The number of halogens is 1. The first-order chi connectivity index (χ1) is 23.1. The molecule has 0 saturated carbocycles. The third-order valence-corrected chi connectivity index (χ3v) is 10.3. The van der Waals surface area contributed by atoms with Crippen LogP contribution in [-0.4, -0.2) is 76.6 Å². The van der Waals surface area contributed by atoms with E-state index in [1.54, 1.807) is 4.90 Å². The number of H-pyrrole nitrogens is 2. The van der Waals surface area contributed by atoms with Crippen LogP contribution in [0.5, 0.6) is 0 Å². The van der Waals surface area contributed by atoms with Gasteiger partial charge in [-0.25, -0.2) is 4.98 Å². The zero-order chi connectivity index (χ0) is 34.5. The Labute approximate surface area is 290 Å². The van der Waals surface area contributed by atoms with Crippen LogP contribution in [0.25, 0.3) is 33.2 Å². The molecule has 0 aliphatic carbocycles. The lowest BCUT2D eigenvalue weighted by Gasteiger charge is -2.20. The van der Waals surface area contributed by atoms with Gasteiger partial charge in [0.2, 0.25) is 5.91 Å². The Balaban J connectivity index is 1.53. The molecular weight excluding hydrogens is 622 g/mol. The normalized spacial score (nSPS) is 16.2.